The summed E-state index contributed by atoms with van der Waals surface area (Å²) in [6.07, 6.45) is 1.04. The van der Waals surface area contributed by atoms with Gasteiger partial charge in [-0.15, -0.1) is 0 Å². The average Bonchev–Trinajstić information content (AvgIpc) is 2.48. The van der Waals surface area contributed by atoms with E-state index >= 15 is 0 Å². The highest BCUT2D eigenvalue weighted by atomic mass is 32.2. The van der Waals surface area contributed by atoms with Crippen molar-refractivity contribution in [1.29, 1.82) is 0 Å². The monoisotopic (exact) mass is 376 g/mol. The van der Waals surface area contributed by atoms with Crippen LogP contribution in [0.1, 0.15) is 42.3 Å². The molecule has 0 saturated carbocycles. The first-order valence-electron chi connectivity index (χ1n) is 8.10. The third-order valence-electron chi connectivity index (χ3n) is 3.74. The number of aryl methyl sites for hydroxylation is 1. The van der Waals surface area contributed by atoms with Crippen LogP contribution in [0.15, 0.2) is 36.4 Å². The highest BCUT2D eigenvalue weighted by Crippen LogP contribution is 2.37. The van der Waals surface area contributed by atoms with E-state index in [1.54, 1.807) is 24.3 Å². The van der Waals surface area contributed by atoms with E-state index in [9.17, 15) is 18.3 Å². The Morgan fingerprint density at radius 1 is 1.12 bits per heavy atom. The van der Waals surface area contributed by atoms with Crippen LogP contribution in [0.3, 0.4) is 0 Å². The molecular formula is C19H24N2O4S. The molecule has 0 aliphatic heterocycles. The van der Waals surface area contributed by atoms with Crippen LogP contribution in [-0.2, 0) is 15.4 Å². The van der Waals surface area contributed by atoms with Crippen LogP contribution in [-0.4, -0.2) is 25.7 Å². The summed E-state index contributed by atoms with van der Waals surface area (Å²) in [5.41, 5.74) is 2.26. The van der Waals surface area contributed by atoms with Gasteiger partial charge < -0.3 is 10.4 Å². The number of phenolic OH excluding ortho intramolecular Hbond substituents is 1. The molecule has 0 atom stereocenters. The Morgan fingerprint density at radius 3 is 2.35 bits per heavy atom. The van der Waals surface area contributed by atoms with Crippen LogP contribution < -0.4 is 10.0 Å². The van der Waals surface area contributed by atoms with Crippen molar-refractivity contribution in [1.82, 2.24) is 0 Å². The highest BCUT2D eigenvalue weighted by molar-refractivity contribution is 7.92. The van der Waals surface area contributed by atoms with Gasteiger partial charge in [0.2, 0.25) is 10.0 Å². The fourth-order valence-corrected chi connectivity index (χ4v) is 3.13. The Labute approximate surface area is 154 Å². The quantitative estimate of drug-likeness (QED) is 0.710. The largest absolute Gasteiger partial charge is 0.505 e. The molecule has 7 heteroatoms. The number of carbonyl (C=O) groups is 1. The van der Waals surface area contributed by atoms with Crippen molar-refractivity contribution in [2.45, 2.75) is 33.1 Å². The minimum atomic E-state index is -3.43. The number of amides is 1. The number of hydrogen-bond acceptors (Lipinski definition) is 4. The molecule has 0 bridgehead atoms. The molecule has 2 aromatic carbocycles. The van der Waals surface area contributed by atoms with Gasteiger partial charge in [0.1, 0.15) is 5.75 Å². The Balaban J connectivity index is 2.34. The first-order valence-corrected chi connectivity index (χ1v) is 9.99. The molecule has 0 aliphatic rings. The van der Waals surface area contributed by atoms with Gasteiger partial charge in [-0.1, -0.05) is 32.9 Å². The van der Waals surface area contributed by atoms with Crippen molar-refractivity contribution in [2.75, 3.05) is 16.3 Å². The maximum atomic E-state index is 12.6. The van der Waals surface area contributed by atoms with E-state index < -0.39 is 15.9 Å². The first-order chi connectivity index (χ1) is 11.9. The van der Waals surface area contributed by atoms with Gasteiger partial charge in [-0.25, -0.2) is 8.42 Å². The molecule has 0 unspecified atom stereocenters. The number of sulfonamides is 1. The predicted molar refractivity (Wildman–Crippen MR) is 104 cm³/mol. The second kappa shape index (κ2) is 6.99. The summed E-state index contributed by atoms with van der Waals surface area (Å²) < 4.78 is 25.0. The van der Waals surface area contributed by atoms with Crippen molar-refractivity contribution in [2.24, 2.45) is 0 Å². The highest BCUT2D eigenvalue weighted by Gasteiger charge is 2.22. The number of hydrogen-bond donors (Lipinski definition) is 3. The molecule has 0 saturated heterocycles. The first kappa shape index (κ1) is 19.8. The van der Waals surface area contributed by atoms with Gasteiger partial charge in [0.25, 0.3) is 5.91 Å². The summed E-state index contributed by atoms with van der Waals surface area (Å²) in [5, 5.41) is 13.2. The van der Waals surface area contributed by atoms with Gasteiger partial charge in [0.15, 0.2) is 0 Å². The zero-order valence-electron chi connectivity index (χ0n) is 15.5. The van der Waals surface area contributed by atoms with Gasteiger partial charge in [-0.2, -0.15) is 0 Å². The fraction of sp³-hybridized carbons (Fsp3) is 0.316. The lowest BCUT2D eigenvalue weighted by Crippen LogP contribution is -2.16. The molecule has 140 valence electrons. The molecule has 0 aliphatic carbocycles. The molecular weight excluding hydrogens is 352 g/mol. The van der Waals surface area contributed by atoms with E-state index in [0.29, 0.717) is 11.4 Å². The zero-order chi connectivity index (χ0) is 19.7. The van der Waals surface area contributed by atoms with Crippen molar-refractivity contribution >= 4 is 27.3 Å². The number of aromatic hydroxyl groups is 1. The summed E-state index contributed by atoms with van der Waals surface area (Å²) in [7, 11) is -3.43. The third kappa shape index (κ3) is 4.98. The van der Waals surface area contributed by atoms with Crippen molar-refractivity contribution < 1.29 is 18.3 Å². The normalized spacial score (nSPS) is 11.9. The second-order valence-electron chi connectivity index (χ2n) is 7.37. The van der Waals surface area contributed by atoms with Gasteiger partial charge in [-0.3, -0.25) is 9.52 Å². The molecule has 3 N–H and O–H groups in total. The lowest BCUT2D eigenvalue weighted by atomic mass is 9.85. The Kier molecular flexibility index (Phi) is 5.32. The lowest BCUT2D eigenvalue weighted by molar-refractivity contribution is 0.102. The number of nitrogens with one attached hydrogen (secondary N) is 2. The SMILES string of the molecule is Cc1cc(NC(=O)c2cccc(NS(C)(=O)=O)c2)c(O)c(C(C)(C)C)c1. The van der Waals surface area contributed by atoms with Crippen LogP contribution in [0.4, 0.5) is 11.4 Å². The maximum absolute atomic E-state index is 12.6. The molecule has 0 radical (unpaired) electrons. The zero-order valence-corrected chi connectivity index (χ0v) is 16.4. The van der Waals surface area contributed by atoms with Gasteiger partial charge in [0, 0.05) is 16.8 Å². The molecule has 2 aromatic rings. The molecule has 1 amide bonds. The Morgan fingerprint density at radius 2 is 1.77 bits per heavy atom. The topological polar surface area (TPSA) is 95.5 Å². The molecule has 0 aromatic heterocycles. The van der Waals surface area contributed by atoms with E-state index in [1.807, 2.05) is 33.8 Å². The summed E-state index contributed by atoms with van der Waals surface area (Å²) in [6, 6.07) is 9.73. The number of rotatable bonds is 4. The van der Waals surface area contributed by atoms with E-state index in [1.165, 1.54) is 6.07 Å². The molecule has 0 heterocycles. The molecule has 2 rings (SSSR count). The van der Waals surface area contributed by atoms with E-state index in [-0.39, 0.29) is 16.7 Å². The van der Waals surface area contributed by atoms with Gasteiger partial charge >= 0.3 is 0 Å². The molecule has 6 nitrogen and oxygen atoms in total. The van der Waals surface area contributed by atoms with E-state index in [0.717, 1.165) is 17.4 Å². The van der Waals surface area contributed by atoms with Gasteiger partial charge in [-0.05, 0) is 42.2 Å². The minimum absolute atomic E-state index is 0.0295. The average molecular weight is 376 g/mol. The summed E-state index contributed by atoms with van der Waals surface area (Å²) in [6.45, 7) is 7.83. The Bertz CT molecular complexity index is 944. The Hall–Kier alpha value is -2.54. The lowest BCUT2D eigenvalue weighted by Gasteiger charge is -2.23. The van der Waals surface area contributed by atoms with Crippen molar-refractivity contribution in [3.8, 4) is 5.75 Å². The summed E-state index contributed by atoms with van der Waals surface area (Å²) in [5.74, 6) is -0.412. The van der Waals surface area contributed by atoms with Crippen molar-refractivity contribution in [3.63, 3.8) is 0 Å². The second-order valence-corrected chi connectivity index (χ2v) is 9.12. The minimum Gasteiger partial charge on any atom is -0.505 e. The van der Waals surface area contributed by atoms with Crippen LogP contribution in [0.5, 0.6) is 5.75 Å². The molecule has 26 heavy (non-hydrogen) atoms. The number of carbonyl (C=O) groups excluding carboxylic acids is 1. The number of anilines is 2. The smallest absolute Gasteiger partial charge is 0.255 e. The number of benzene rings is 2. The van der Waals surface area contributed by atoms with E-state index in [2.05, 4.69) is 10.0 Å². The fourth-order valence-electron chi connectivity index (χ4n) is 2.58. The standard InChI is InChI=1S/C19H24N2O4S/c1-12-9-15(19(2,3)4)17(22)16(10-12)20-18(23)13-7-6-8-14(11-13)21-26(5,24)25/h6-11,21-22H,1-5H3,(H,20,23). The van der Waals surface area contributed by atoms with Crippen LogP contribution in [0, 0.1) is 6.92 Å². The predicted octanol–water partition coefficient (Wildman–Crippen LogP) is 3.62. The van der Waals surface area contributed by atoms with Crippen LogP contribution >= 0.6 is 0 Å². The number of phenols is 1. The van der Waals surface area contributed by atoms with E-state index in [4.69, 9.17) is 0 Å². The van der Waals surface area contributed by atoms with Crippen molar-refractivity contribution in [3.05, 3.63) is 53.1 Å². The summed E-state index contributed by atoms with van der Waals surface area (Å²) in [4.78, 5) is 12.6. The maximum Gasteiger partial charge on any atom is 0.255 e. The molecule has 0 spiro atoms. The summed E-state index contributed by atoms with van der Waals surface area (Å²) >= 11 is 0. The van der Waals surface area contributed by atoms with Crippen LogP contribution in [0.2, 0.25) is 0 Å². The van der Waals surface area contributed by atoms with Crippen LogP contribution in [0.25, 0.3) is 0 Å². The molecule has 0 fully saturated rings. The third-order valence-corrected chi connectivity index (χ3v) is 4.34. The van der Waals surface area contributed by atoms with Gasteiger partial charge in [0.05, 0.1) is 11.9 Å².